The van der Waals surface area contributed by atoms with Gasteiger partial charge in [0.25, 0.3) is 0 Å². The highest BCUT2D eigenvalue weighted by Crippen LogP contribution is 2.11. The number of rotatable bonds is 4. The van der Waals surface area contributed by atoms with Crippen molar-refractivity contribution in [3.05, 3.63) is 24.2 Å². The number of allylic oxidation sites excluding steroid dienone is 2. The summed E-state index contributed by atoms with van der Waals surface area (Å²) in [5, 5.41) is 0. The molecular weight excluding hydrogens is 168 g/mol. The molecule has 12 heavy (non-hydrogen) atoms. The minimum Gasteiger partial charge on any atom is -0.545 e. The van der Waals surface area contributed by atoms with E-state index >= 15 is 0 Å². The molecule has 3 heteroatoms. The third-order valence-corrected chi connectivity index (χ3v) is 2.00. The largest absolute Gasteiger partial charge is 0.545 e. The predicted octanol–water partition coefficient (Wildman–Crippen LogP) is 2.90. The van der Waals surface area contributed by atoms with Gasteiger partial charge in [-0.1, -0.05) is 6.58 Å². The average Bonchev–Trinajstić information content (AvgIpc) is 1.82. The van der Waals surface area contributed by atoms with E-state index in [9.17, 15) is 0 Å². The van der Waals surface area contributed by atoms with Gasteiger partial charge in [-0.2, -0.15) is 0 Å². The van der Waals surface area contributed by atoms with Crippen LogP contribution in [0.1, 0.15) is 6.92 Å². The fraction of sp³-hybridized carbons (Fsp3) is 0.556. The minimum atomic E-state index is -1.50. The molecule has 0 saturated heterocycles. The first-order valence-corrected chi connectivity index (χ1v) is 7.36. The SMILES string of the molecule is C=C(C=C(C)OC)O[Si](C)(C)C. The van der Waals surface area contributed by atoms with Crippen LogP contribution in [0, 0.1) is 0 Å². The van der Waals surface area contributed by atoms with E-state index in [0.29, 0.717) is 5.76 Å². The quantitative estimate of drug-likeness (QED) is 0.382. The molecule has 0 amide bonds. The molecule has 70 valence electrons. The van der Waals surface area contributed by atoms with Crippen LogP contribution in [0.4, 0.5) is 0 Å². The summed E-state index contributed by atoms with van der Waals surface area (Å²) in [6, 6.07) is 0. The molecule has 0 aliphatic rings. The van der Waals surface area contributed by atoms with Crippen molar-refractivity contribution < 1.29 is 9.16 Å². The predicted molar refractivity (Wildman–Crippen MR) is 54.3 cm³/mol. The molecule has 0 atom stereocenters. The van der Waals surface area contributed by atoms with Gasteiger partial charge in [0, 0.05) is 6.08 Å². The van der Waals surface area contributed by atoms with Crippen molar-refractivity contribution in [2.45, 2.75) is 26.6 Å². The Balaban J connectivity index is 4.08. The molecule has 0 saturated carbocycles. The van der Waals surface area contributed by atoms with Gasteiger partial charge in [-0.05, 0) is 26.6 Å². The third-order valence-electron chi connectivity index (χ3n) is 1.12. The van der Waals surface area contributed by atoms with Crippen LogP contribution in [0.5, 0.6) is 0 Å². The second kappa shape index (κ2) is 4.35. The van der Waals surface area contributed by atoms with Gasteiger partial charge < -0.3 is 9.16 Å². The lowest BCUT2D eigenvalue weighted by molar-refractivity contribution is 0.290. The molecule has 0 aromatic carbocycles. The monoisotopic (exact) mass is 186 g/mol. The van der Waals surface area contributed by atoms with E-state index in [4.69, 9.17) is 9.16 Å². The lowest BCUT2D eigenvalue weighted by atomic mass is 10.4. The maximum Gasteiger partial charge on any atom is 0.242 e. The smallest absolute Gasteiger partial charge is 0.242 e. The zero-order valence-corrected chi connectivity index (χ0v) is 9.60. The topological polar surface area (TPSA) is 18.5 Å². The van der Waals surface area contributed by atoms with Crippen LogP contribution in [0.25, 0.3) is 0 Å². The summed E-state index contributed by atoms with van der Waals surface area (Å²) in [6.07, 6.45) is 1.80. The highest BCUT2D eigenvalue weighted by molar-refractivity contribution is 6.70. The molecule has 0 fully saturated rings. The summed E-state index contributed by atoms with van der Waals surface area (Å²) >= 11 is 0. The van der Waals surface area contributed by atoms with Gasteiger partial charge in [0.05, 0.1) is 18.6 Å². The molecule has 0 aliphatic carbocycles. The first kappa shape index (κ1) is 11.3. The van der Waals surface area contributed by atoms with Crippen molar-refractivity contribution in [2.24, 2.45) is 0 Å². The Kier molecular flexibility index (Phi) is 4.10. The lowest BCUT2D eigenvalue weighted by Crippen LogP contribution is -2.24. The van der Waals surface area contributed by atoms with Gasteiger partial charge in [0.2, 0.25) is 8.32 Å². The second-order valence-corrected chi connectivity index (χ2v) is 8.07. The van der Waals surface area contributed by atoms with Crippen LogP contribution in [-0.4, -0.2) is 15.4 Å². The van der Waals surface area contributed by atoms with E-state index in [1.54, 1.807) is 13.2 Å². The Hall–Kier alpha value is -0.703. The number of methoxy groups -OCH3 is 1. The number of ether oxygens (including phenoxy) is 1. The fourth-order valence-corrected chi connectivity index (χ4v) is 1.55. The molecule has 2 nitrogen and oxygen atoms in total. The summed E-state index contributed by atoms with van der Waals surface area (Å²) < 4.78 is 10.6. The Bertz CT molecular complexity index is 189. The van der Waals surface area contributed by atoms with E-state index in [1.165, 1.54) is 0 Å². The summed E-state index contributed by atoms with van der Waals surface area (Å²) in [5.74, 6) is 1.51. The molecular formula is C9H18O2Si. The molecule has 0 aliphatic heterocycles. The van der Waals surface area contributed by atoms with Gasteiger partial charge in [0.1, 0.15) is 0 Å². The fourth-order valence-electron chi connectivity index (χ4n) is 0.708. The van der Waals surface area contributed by atoms with E-state index in [2.05, 4.69) is 26.2 Å². The molecule has 0 bridgehead atoms. The summed E-state index contributed by atoms with van der Waals surface area (Å²) in [7, 11) is 0.133. The molecule has 0 radical (unpaired) electrons. The van der Waals surface area contributed by atoms with Gasteiger partial charge in [-0.15, -0.1) is 0 Å². The van der Waals surface area contributed by atoms with Crippen LogP contribution >= 0.6 is 0 Å². The normalized spacial score (nSPS) is 12.6. The maximum absolute atomic E-state index is 5.60. The zero-order valence-electron chi connectivity index (χ0n) is 8.60. The van der Waals surface area contributed by atoms with Crippen molar-refractivity contribution in [3.63, 3.8) is 0 Å². The minimum absolute atomic E-state index is 0.688. The second-order valence-electron chi connectivity index (χ2n) is 3.64. The van der Waals surface area contributed by atoms with Gasteiger partial charge >= 0.3 is 0 Å². The van der Waals surface area contributed by atoms with Crippen molar-refractivity contribution >= 4 is 8.32 Å². The molecule has 0 rings (SSSR count). The van der Waals surface area contributed by atoms with Gasteiger partial charge in [0.15, 0.2) is 0 Å². The van der Waals surface area contributed by atoms with Crippen LogP contribution in [0.3, 0.4) is 0 Å². The Labute approximate surface area is 76.0 Å². The van der Waals surface area contributed by atoms with Crippen molar-refractivity contribution in [1.29, 1.82) is 0 Å². The van der Waals surface area contributed by atoms with Gasteiger partial charge in [-0.25, -0.2) is 0 Å². The Morgan fingerprint density at radius 3 is 2.17 bits per heavy atom. The highest BCUT2D eigenvalue weighted by Gasteiger charge is 2.15. The Morgan fingerprint density at radius 1 is 1.33 bits per heavy atom. The van der Waals surface area contributed by atoms with E-state index in [0.717, 1.165) is 5.76 Å². The van der Waals surface area contributed by atoms with Crippen molar-refractivity contribution in [3.8, 4) is 0 Å². The maximum atomic E-state index is 5.60. The molecule has 0 unspecified atom stereocenters. The first-order valence-electron chi connectivity index (χ1n) is 3.95. The first-order chi connectivity index (χ1) is 5.35. The summed E-state index contributed by atoms with van der Waals surface area (Å²) in [5.41, 5.74) is 0. The molecule has 0 aromatic rings. The van der Waals surface area contributed by atoms with E-state index in [-0.39, 0.29) is 0 Å². The van der Waals surface area contributed by atoms with Gasteiger partial charge in [-0.3, -0.25) is 0 Å². The molecule has 0 N–H and O–H groups in total. The number of hydrogen-bond acceptors (Lipinski definition) is 2. The third kappa shape index (κ3) is 6.04. The molecule has 0 spiro atoms. The lowest BCUT2D eigenvalue weighted by Gasteiger charge is -2.19. The van der Waals surface area contributed by atoms with Crippen LogP contribution in [-0.2, 0) is 9.16 Å². The summed E-state index contributed by atoms with van der Waals surface area (Å²) in [6.45, 7) is 12.0. The summed E-state index contributed by atoms with van der Waals surface area (Å²) in [4.78, 5) is 0. The highest BCUT2D eigenvalue weighted by atomic mass is 28.4. The van der Waals surface area contributed by atoms with E-state index < -0.39 is 8.32 Å². The molecule has 0 heterocycles. The van der Waals surface area contributed by atoms with Crippen LogP contribution in [0.15, 0.2) is 24.2 Å². The standard InChI is InChI=1S/C9H18O2Si/c1-8(10-3)7-9(2)11-12(4,5)6/h7H,2H2,1,3-6H3. The number of hydrogen-bond donors (Lipinski definition) is 0. The average molecular weight is 186 g/mol. The Morgan fingerprint density at radius 2 is 1.83 bits per heavy atom. The van der Waals surface area contributed by atoms with E-state index in [1.807, 2.05) is 6.92 Å². The zero-order chi connectivity index (χ0) is 9.78. The van der Waals surface area contributed by atoms with Crippen molar-refractivity contribution in [1.82, 2.24) is 0 Å². The van der Waals surface area contributed by atoms with Crippen LogP contribution in [0.2, 0.25) is 19.6 Å². The van der Waals surface area contributed by atoms with Crippen molar-refractivity contribution in [2.75, 3.05) is 7.11 Å². The molecule has 0 aromatic heterocycles. The van der Waals surface area contributed by atoms with Crippen LogP contribution < -0.4 is 0 Å².